The molecule has 0 aliphatic rings. The summed E-state index contributed by atoms with van der Waals surface area (Å²) in [7, 11) is 0. The topological polar surface area (TPSA) is 15.3 Å². The first-order valence-electron chi connectivity index (χ1n) is 5.89. The molecule has 90 valence electrons. The van der Waals surface area contributed by atoms with Crippen LogP contribution < -0.4 is 5.32 Å². The van der Waals surface area contributed by atoms with E-state index in [2.05, 4.69) is 31.0 Å². The quantitative estimate of drug-likeness (QED) is 0.820. The number of aryl methyl sites for hydroxylation is 1. The number of halogens is 1. The Kier molecular flexibility index (Phi) is 5.64. The predicted molar refractivity (Wildman–Crippen MR) is 72.5 cm³/mol. The van der Waals surface area contributed by atoms with Gasteiger partial charge in [-0.1, -0.05) is 31.5 Å². The van der Waals surface area contributed by atoms with Crippen LogP contribution in [0.5, 0.6) is 0 Å². The summed E-state index contributed by atoms with van der Waals surface area (Å²) in [6, 6.07) is 5.95. The summed E-state index contributed by atoms with van der Waals surface area (Å²) in [5.74, 6) is 0. The molecule has 0 aromatic heterocycles. The third-order valence-electron chi connectivity index (χ3n) is 2.84. The molecule has 0 amide bonds. The minimum Gasteiger partial charge on any atom is -0.384 e. The minimum atomic E-state index is 0.788. The van der Waals surface area contributed by atoms with Gasteiger partial charge in [-0.05, 0) is 37.7 Å². The van der Waals surface area contributed by atoms with Gasteiger partial charge in [0.25, 0.3) is 0 Å². The molecule has 0 bridgehead atoms. The number of likely N-dealkylation sites (N-methyl/N-ethyl adjacent to an activating group) is 1. The van der Waals surface area contributed by atoms with Crippen molar-refractivity contribution in [2.24, 2.45) is 0 Å². The van der Waals surface area contributed by atoms with E-state index in [1.165, 1.54) is 5.56 Å². The fraction of sp³-hybridized carbons (Fsp3) is 0.538. The highest BCUT2D eigenvalue weighted by Crippen LogP contribution is 2.19. The van der Waals surface area contributed by atoms with Crippen LogP contribution in [0.3, 0.4) is 0 Å². The van der Waals surface area contributed by atoms with Gasteiger partial charge in [-0.3, -0.25) is 0 Å². The molecule has 0 unspecified atom stereocenters. The molecule has 0 spiro atoms. The molecule has 0 atom stereocenters. The summed E-state index contributed by atoms with van der Waals surface area (Å²) in [5, 5.41) is 4.21. The van der Waals surface area contributed by atoms with Gasteiger partial charge in [0.1, 0.15) is 0 Å². The summed E-state index contributed by atoms with van der Waals surface area (Å²) >= 11 is 5.96. The first-order valence-corrected chi connectivity index (χ1v) is 6.27. The Balaban J connectivity index is 2.45. The molecule has 1 aromatic carbocycles. The smallest absolute Gasteiger partial charge is 0.0426 e. The summed E-state index contributed by atoms with van der Waals surface area (Å²) in [6.07, 6.45) is 0. The second-order valence-electron chi connectivity index (χ2n) is 3.91. The first kappa shape index (κ1) is 13.3. The Labute approximate surface area is 104 Å². The average Bonchev–Trinajstić information content (AvgIpc) is 2.29. The molecule has 2 nitrogen and oxygen atoms in total. The van der Waals surface area contributed by atoms with Gasteiger partial charge in [0.05, 0.1) is 0 Å². The number of hydrogen-bond acceptors (Lipinski definition) is 2. The number of hydrogen-bond donors (Lipinski definition) is 1. The number of nitrogens with zero attached hydrogens (tertiary/aromatic N) is 1. The maximum absolute atomic E-state index is 5.96. The van der Waals surface area contributed by atoms with Crippen molar-refractivity contribution in [1.82, 2.24) is 4.90 Å². The van der Waals surface area contributed by atoms with E-state index in [0.717, 1.165) is 36.9 Å². The molecule has 3 heteroatoms. The lowest BCUT2D eigenvalue weighted by Gasteiger charge is -2.19. The van der Waals surface area contributed by atoms with E-state index in [1.54, 1.807) is 0 Å². The van der Waals surface area contributed by atoms with Gasteiger partial charge >= 0.3 is 0 Å². The molecule has 0 heterocycles. The molecule has 16 heavy (non-hydrogen) atoms. The van der Waals surface area contributed by atoms with Crippen LogP contribution in [0.15, 0.2) is 18.2 Å². The summed E-state index contributed by atoms with van der Waals surface area (Å²) in [6.45, 7) is 10.7. The Morgan fingerprint density at radius 1 is 1.25 bits per heavy atom. The van der Waals surface area contributed by atoms with Gasteiger partial charge in [0.15, 0.2) is 0 Å². The van der Waals surface area contributed by atoms with Gasteiger partial charge in [0, 0.05) is 23.8 Å². The van der Waals surface area contributed by atoms with Gasteiger partial charge in [-0.25, -0.2) is 0 Å². The number of nitrogens with one attached hydrogen (secondary N) is 1. The standard InChI is InChI=1S/C13H21ClN2/c1-4-16(5-2)9-8-15-13-10-12(14)7-6-11(13)3/h6-7,10,15H,4-5,8-9H2,1-3H3. The van der Waals surface area contributed by atoms with Crippen LogP contribution in [-0.2, 0) is 0 Å². The van der Waals surface area contributed by atoms with Crippen LogP contribution in [0.25, 0.3) is 0 Å². The van der Waals surface area contributed by atoms with E-state index in [1.807, 2.05) is 18.2 Å². The highest BCUT2D eigenvalue weighted by molar-refractivity contribution is 6.30. The SMILES string of the molecule is CCN(CC)CCNc1cc(Cl)ccc1C. The lowest BCUT2D eigenvalue weighted by molar-refractivity contribution is 0.316. The largest absolute Gasteiger partial charge is 0.384 e. The average molecular weight is 241 g/mol. The number of anilines is 1. The van der Waals surface area contributed by atoms with Crippen LogP contribution >= 0.6 is 11.6 Å². The van der Waals surface area contributed by atoms with Crippen molar-refractivity contribution in [2.75, 3.05) is 31.5 Å². The van der Waals surface area contributed by atoms with E-state index >= 15 is 0 Å². The Hall–Kier alpha value is -0.730. The van der Waals surface area contributed by atoms with Crippen LogP contribution in [0, 0.1) is 6.92 Å². The molecule has 0 radical (unpaired) electrons. The van der Waals surface area contributed by atoms with E-state index in [-0.39, 0.29) is 0 Å². The Morgan fingerprint density at radius 2 is 1.94 bits per heavy atom. The first-order chi connectivity index (χ1) is 7.67. The van der Waals surface area contributed by atoms with Gasteiger partial charge in [-0.2, -0.15) is 0 Å². The van der Waals surface area contributed by atoms with Crippen molar-refractivity contribution < 1.29 is 0 Å². The van der Waals surface area contributed by atoms with Crippen LogP contribution in [-0.4, -0.2) is 31.1 Å². The molecule has 0 saturated heterocycles. The fourth-order valence-corrected chi connectivity index (χ4v) is 1.85. The van der Waals surface area contributed by atoms with Crippen molar-refractivity contribution in [3.05, 3.63) is 28.8 Å². The normalized spacial score (nSPS) is 10.8. The molecule has 0 aliphatic carbocycles. The molecule has 0 fully saturated rings. The van der Waals surface area contributed by atoms with Crippen molar-refractivity contribution in [3.63, 3.8) is 0 Å². The van der Waals surface area contributed by atoms with Crippen molar-refractivity contribution >= 4 is 17.3 Å². The zero-order valence-electron chi connectivity index (χ0n) is 10.4. The molecule has 1 N–H and O–H groups in total. The maximum Gasteiger partial charge on any atom is 0.0426 e. The second kappa shape index (κ2) is 6.77. The molecular formula is C13H21ClN2. The van der Waals surface area contributed by atoms with E-state index < -0.39 is 0 Å². The van der Waals surface area contributed by atoms with Crippen LogP contribution in [0.2, 0.25) is 5.02 Å². The third kappa shape index (κ3) is 4.03. The van der Waals surface area contributed by atoms with E-state index in [9.17, 15) is 0 Å². The van der Waals surface area contributed by atoms with E-state index in [4.69, 9.17) is 11.6 Å². The van der Waals surface area contributed by atoms with Gasteiger partial charge in [0.2, 0.25) is 0 Å². The van der Waals surface area contributed by atoms with Crippen LogP contribution in [0.4, 0.5) is 5.69 Å². The highest BCUT2D eigenvalue weighted by Gasteiger charge is 2.01. The lowest BCUT2D eigenvalue weighted by atomic mass is 10.2. The summed E-state index contributed by atoms with van der Waals surface area (Å²) in [4.78, 5) is 2.40. The molecular weight excluding hydrogens is 220 g/mol. The minimum absolute atomic E-state index is 0.788. The summed E-state index contributed by atoms with van der Waals surface area (Å²) < 4.78 is 0. The monoisotopic (exact) mass is 240 g/mol. The molecule has 0 saturated carbocycles. The van der Waals surface area contributed by atoms with Crippen molar-refractivity contribution in [1.29, 1.82) is 0 Å². The molecule has 1 aromatic rings. The fourth-order valence-electron chi connectivity index (χ4n) is 1.67. The third-order valence-corrected chi connectivity index (χ3v) is 3.07. The molecule has 1 rings (SSSR count). The van der Waals surface area contributed by atoms with Gasteiger partial charge < -0.3 is 10.2 Å². The number of rotatable bonds is 6. The van der Waals surface area contributed by atoms with Crippen molar-refractivity contribution in [3.8, 4) is 0 Å². The predicted octanol–water partition coefficient (Wildman–Crippen LogP) is 3.40. The van der Waals surface area contributed by atoms with Crippen molar-refractivity contribution in [2.45, 2.75) is 20.8 Å². The summed E-state index contributed by atoms with van der Waals surface area (Å²) in [5.41, 5.74) is 2.38. The van der Waals surface area contributed by atoms with Gasteiger partial charge in [-0.15, -0.1) is 0 Å². The Bertz CT molecular complexity index is 322. The molecule has 0 aliphatic heterocycles. The zero-order valence-corrected chi connectivity index (χ0v) is 11.1. The number of benzene rings is 1. The zero-order chi connectivity index (χ0) is 12.0. The second-order valence-corrected chi connectivity index (χ2v) is 4.35. The van der Waals surface area contributed by atoms with E-state index in [0.29, 0.717) is 0 Å². The Morgan fingerprint density at radius 3 is 2.56 bits per heavy atom. The lowest BCUT2D eigenvalue weighted by Crippen LogP contribution is -2.28. The van der Waals surface area contributed by atoms with Crippen LogP contribution in [0.1, 0.15) is 19.4 Å². The maximum atomic E-state index is 5.96. The highest BCUT2D eigenvalue weighted by atomic mass is 35.5.